The number of benzene rings is 2. The molecule has 2 heterocycles. The highest BCUT2D eigenvalue weighted by Gasteiger charge is 2.39. The number of likely N-dealkylation sites (tertiary alicyclic amines) is 1. The van der Waals surface area contributed by atoms with Crippen LogP contribution in [0.2, 0.25) is 0 Å². The quantitative estimate of drug-likeness (QED) is 0.174. The number of hydrogen-bond donors (Lipinski definition) is 6. The van der Waals surface area contributed by atoms with Crippen molar-refractivity contribution in [1.82, 2.24) is 20.5 Å². The number of fused-ring (bicyclic) bond motifs is 1. The lowest BCUT2D eigenvalue weighted by Gasteiger charge is -2.30. The van der Waals surface area contributed by atoms with Gasteiger partial charge in [-0.15, -0.1) is 0 Å². The van der Waals surface area contributed by atoms with Crippen LogP contribution in [0.15, 0.2) is 60.8 Å². The number of nitrogens with two attached hydrogens (primary N) is 1. The van der Waals surface area contributed by atoms with Gasteiger partial charge in [-0.2, -0.15) is 0 Å². The SMILES string of the molecule is NC(CCC(=O)O)C(=O)NC(Cc1ccccc1)C(=O)N1CCCC1C(=O)NC(Cc1c[nH]c2ccccc12)C(=O)O. The molecule has 2 aromatic carbocycles. The zero-order chi connectivity index (χ0) is 30.2. The monoisotopic (exact) mass is 577 g/mol. The Balaban J connectivity index is 1.48. The molecule has 222 valence electrons. The predicted molar refractivity (Wildman–Crippen MR) is 153 cm³/mol. The lowest BCUT2D eigenvalue weighted by molar-refractivity contribution is -0.145. The minimum atomic E-state index is -1.22. The molecule has 3 amide bonds. The summed E-state index contributed by atoms with van der Waals surface area (Å²) in [6.45, 7) is 0.253. The summed E-state index contributed by atoms with van der Waals surface area (Å²) in [7, 11) is 0. The maximum absolute atomic E-state index is 13.8. The number of amides is 3. The molecule has 3 aromatic rings. The zero-order valence-corrected chi connectivity index (χ0v) is 23.0. The summed E-state index contributed by atoms with van der Waals surface area (Å²) in [4.78, 5) is 67.5. The smallest absolute Gasteiger partial charge is 0.326 e. The first-order valence-corrected chi connectivity index (χ1v) is 13.8. The number of aromatic amines is 1. The third-order valence-electron chi connectivity index (χ3n) is 7.46. The van der Waals surface area contributed by atoms with Gasteiger partial charge < -0.3 is 36.5 Å². The van der Waals surface area contributed by atoms with Crippen LogP contribution in [0.3, 0.4) is 0 Å². The van der Waals surface area contributed by atoms with E-state index in [1.54, 1.807) is 30.5 Å². The molecule has 4 atom stereocenters. The van der Waals surface area contributed by atoms with Crippen molar-refractivity contribution in [2.24, 2.45) is 5.73 Å². The Bertz CT molecular complexity index is 1440. The van der Waals surface area contributed by atoms with Crippen LogP contribution in [-0.4, -0.2) is 80.5 Å². The molecule has 0 saturated carbocycles. The topological polar surface area (TPSA) is 195 Å². The van der Waals surface area contributed by atoms with Crippen LogP contribution >= 0.6 is 0 Å². The molecule has 1 aliphatic heterocycles. The van der Waals surface area contributed by atoms with E-state index >= 15 is 0 Å². The van der Waals surface area contributed by atoms with Gasteiger partial charge in [-0.25, -0.2) is 4.79 Å². The van der Waals surface area contributed by atoms with Crippen molar-refractivity contribution in [3.63, 3.8) is 0 Å². The van der Waals surface area contributed by atoms with Gasteiger partial charge in [0, 0.05) is 42.9 Å². The molecule has 1 fully saturated rings. The maximum Gasteiger partial charge on any atom is 0.326 e. The fraction of sp³-hybridized carbons (Fsp3) is 0.367. The van der Waals surface area contributed by atoms with Crippen molar-refractivity contribution in [2.45, 2.75) is 62.7 Å². The number of para-hydroxylation sites is 1. The minimum Gasteiger partial charge on any atom is -0.481 e. The predicted octanol–water partition coefficient (Wildman–Crippen LogP) is 1.19. The van der Waals surface area contributed by atoms with Crippen LogP contribution < -0.4 is 16.4 Å². The number of carboxylic acid groups (broad SMARTS) is 2. The third kappa shape index (κ3) is 7.52. The highest BCUT2D eigenvalue weighted by Crippen LogP contribution is 2.22. The minimum absolute atomic E-state index is 0.0483. The standard InChI is InChI=1S/C30H35N5O7/c31-21(12-13-26(36)37)27(38)33-23(15-18-7-2-1-3-8-18)29(40)35-14-6-11-25(35)28(39)34-24(30(41)42)16-19-17-32-22-10-5-4-9-20(19)22/h1-5,7-10,17,21,23-25,32H,6,11-16,31H2,(H,33,38)(H,34,39)(H,36,37)(H,41,42). The number of aliphatic carboxylic acids is 2. The van der Waals surface area contributed by atoms with Crippen LogP contribution in [0.5, 0.6) is 0 Å². The molecule has 0 aliphatic carbocycles. The number of nitrogens with one attached hydrogen (secondary N) is 3. The van der Waals surface area contributed by atoms with Gasteiger partial charge in [0.25, 0.3) is 0 Å². The first-order chi connectivity index (χ1) is 20.1. The Morgan fingerprint density at radius 3 is 2.38 bits per heavy atom. The van der Waals surface area contributed by atoms with E-state index in [1.165, 1.54) is 4.90 Å². The number of nitrogens with zero attached hydrogens (tertiary/aromatic N) is 1. The Morgan fingerprint density at radius 2 is 1.67 bits per heavy atom. The Labute approximate surface area is 242 Å². The van der Waals surface area contributed by atoms with Gasteiger partial charge in [0.15, 0.2) is 0 Å². The van der Waals surface area contributed by atoms with Gasteiger partial charge in [-0.1, -0.05) is 48.5 Å². The van der Waals surface area contributed by atoms with E-state index in [1.807, 2.05) is 30.3 Å². The second kappa shape index (κ2) is 13.8. The van der Waals surface area contributed by atoms with E-state index in [4.69, 9.17) is 10.8 Å². The summed E-state index contributed by atoms with van der Waals surface area (Å²) in [5.74, 6) is -4.05. The van der Waals surface area contributed by atoms with Crippen LogP contribution in [-0.2, 0) is 36.8 Å². The summed E-state index contributed by atoms with van der Waals surface area (Å²) >= 11 is 0. The molecular formula is C30H35N5O7. The van der Waals surface area contributed by atoms with E-state index in [0.29, 0.717) is 12.8 Å². The van der Waals surface area contributed by atoms with Crippen LogP contribution in [0.25, 0.3) is 10.9 Å². The van der Waals surface area contributed by atoms with Crippen molar-refractivity contribution in [3.8, 4) is 0 Å². The number of rotatable bonds is 13. The van der Waals surface area contributed by atoms with E-state index in [-0.39, 0.29) is 32.2 Å². The van der Waals surface area contributed by atoms with Gasteiger partial charge in [0.1, 0.15) is 18.1 Å². The van der Waals surface area contributed by atoms with E-state index in [0.717, 1.165) is 22.0 Å². The molecule has 1 aliphatic rings. The number of carbonyl (C=O) groups excluding carboxylic acids is 3. The number of H-pyrrole nitrogens is 1. The average molecular weight is 578 g/mol. The number of aromatic nitrogens is 1. The lowest BCUT2D eigenvalue weighted by atomic mass is 10.0. The van der Waals surface area contributed by atoms with Crippen molar-refractivity contribution in [2.75, 3.05) is 6.54 Å². The number of carbonyl (C=O) groups is 5. The van der Waals surface area contributed by atoms with Crippen LogP contribution in [0.1, 0.15) is 36.8 Å². The Morgan fingerprint density at radius 1 is 0.952 bits per heavy atom. The first-order valence-electron chi connectivity index (χ1n) is 13.8. The summed E-state index contributed by atoms with van der Waals surface area (Å²) < 4.78 is 0. The van der Waals surface area contributed by atoms with E-state index < -0.39 is 53.8 Å². The van der Waals surface area contributed by atoms with Gasteiger partial charge in [0.05, 0.1) is 6.04 Å². The zero-order valence-electron chi connectivity index (χ0n) is 23.0. The molecule has 0 spiro atoms. The number of hydrogen-bond acceptors (Lipinski definition) is 6. The van der Waals surface area contributed by atoms with E-state index in [2.05, 4.69) is 15.6 Å². The molecule has 0 radical (unpaired) electrons. The summed E-state index contributed by atoms with van der Waals surface area (Å²) in [5.41, 5.74) is 8.24. The fourth-order valence-corrected chi connectivity index (χ4v) is 5.23. The van der Waals surface area contributed by atoms with Crippen molar-refractivity contribution in [3.05, 3.63) is 71.9 Å². The van der Waals surface area contributed by atoms with Crippen LogP contribution in [0, 0.1) is 0 Å². The molecular weight excluding hydrogens is 542 g/mol. The highest BCUT2D eigenvalue weighted by atomic mass is 16.4. The van der Waals surface area contributed by atoms with Crippen molar-refractivity contribution < 1.29 is 34.2 Å². The second-order valence-corrected chi connectivity index (χ2v) is 10.4. The maximum atomic E-state index is 13.8. The Kier molecular flexibility index (Phi) is 9.92. The molecule has 1 saturated heterocycles. The van der Waals surface area contributed by atoms with Crippen molar-refractivity contribution >= 4 is 40.6 Å². The molecule has 4 unspecified atom stereocenters. The van der Waals surface area contributed by atoms with Gasteiger partial charge in [-0.3, -0.25) is 19.2 Å². The summed E-state index contributed by atoms with van der Waals surface area (Å²) in [5, 5.41) is 24.9. The second-order valence-electron chi connectivity index (χ2n) is 10.4. The first kappa shape index (κ1) is 30.3. The molecule has 12 heteroatoms. The van der Waals surface area contributed by atoms with Crippen LogP contribution in [0.4, 0.5) is 0 Å². The average Bonchev–Trinajstić information content (AvgIpc) is 3.63. The van der Waals surface area contributed by atoms with Gasteiger partial charge >= 0.3 is 11.9 Å². The third-order valence-corrected chi connectivity index (χ3v) is 7.46. The molecule has 4 rings (SSSR count). The van der Waals surface area contributed by atoms with Crippen molar-refractivity contribution in [1.29, 1.82) is 0 Å². The lowest BCUT2D eigenvalue weighted by Crippen LogP contribution is -2.57. The largest absolute Gasteiger partial charge is 0.481 e. The molecule has 1 aromatic heterocycles. The fourth-order valence-electron chi connectivity index (χ4n) is 5.23. The van der Waals surface area contributed by atoms with E-state index in [9.17, 15) is 29.1 Å². The summed E-state index contributed by atoms with van der Waals surface area (Å²) in [6, 6.07) is 12.1. The molecule has 12 nitrogen and oxygen atoms in total. The Hall–Kier alpha value is -4.71. The highest BCUT2D eigenvalue weighted by molar-refractivity contribution is 5.95. The number of carboxylic acids is 2. The van der Waals surface area contributed by atoms with Gasteiger partial charge in [0.2, 0.25) is 17.7 Å². The van der Waals surface area contributed by atoms with Gasteiger partial charge in [-0.05, 0) is 36.5 Å². The molecule has 42 heavy (non-hydrogen) atoms. The summed E-state index contributed by atoms with van der Waals surface area (Å²) in [6.07, 6.45) is 2.34. The molecule has 7 N–H and O–H groups in total. The molecule has 0 bridgehead atoms. The normalized spacial score (nSPS) is 16.9.